The monoisotopic (exact) mass is 236 g/mol. The molecule has 0 bridgehead atoms. The Morgan fingerprint density at radius 3 is 2.35 bits per heavy atom. The van der Waals surface area contributed by atoms with Crippen LogP contribution in [0.5, 0.6) is 0 Å². The van der Waals surface area contributed by atoms with E-state index in [-0.39, 0.29) is 5.82 Å². The van der Waals surface area contributed by atoms with E-state index in [9.17, 15) is 4.39 Å². The van der Waals surface area contributed by atoms with Crippen molar-refractivity contribution in [2.75, 3.05) is 19.6 Å². The minimum Gasteiger partial charge on any atom is -0.314 e. The molecule has 0 aromatic heterocycles. The SMILES string of the molecule is C[C@@H]1CNC[C@H](C)N1CCc1ccc(F)cc1. The summed E-state index contributed by atoms with van der Waals surface area (Å²) in [6, 6.07) is 8.01. The molecule has 0 radical (unpaired) electrons. The van der Waals surface area contributed by atoms with Crippen molar-refractivity contribution in [2.24, 2.45) is 0 Å². The van der Waals surface area contributed by atoms with Crippen molar-refractivity contribution in [1.29, 1.82) is 0 Å². The van der Waals surface area contributed by atoms with Crippen molar-refractivity contribution < 1.29 is 4.39 Å². The van der Waals surface area contributed by atoms with E-state index in [4.69, 9.17) is 0 Å². The summed E-state index contributed by atoms with van der Waals surface area (Å²) < 4.78 is 12.8. The zero-order valence-electron chi connectivity index (χ0n) is 10.6. The Balaban J connectivity index is 1.90. The maximum Gasteiger partial charge on any atom is 0.123 e. The summed E-state index contributed by atoms with van der Waals surface area (Å²) in [6.07, 6.45) is 0.995. The van der Waals surface area contributed by atoms with Gasteiger partial charge >= 0.3 is 0 Å². The molecule has 2 rings (SSSR count). The normalized spacial score (nSPS) is 26.1. The molecule has 1 N–H and O–H groups in total. The number of piperazine rings is 1. The van der Waals surface area contributed by atoms with Crippen molar-refractivity contribution in [1.82, 2.24) is 10.2 Å². The maximum atomic E-state index is 12.8. The van der Waals surface area contributed by atoms with Crippen LogP contribution < -0.4 is 5.32 Å². The molecule has 1 heterocycles. The Bertz CT molecular complexity index is 340. The standard InChI is InChI=1S/C14H21FN2/c1-11-9-16-10-12(2)17(11)8-7-13-3-5-14(15)6-4-13/h3-6,11-12,16H,7-10H2,1-2H3/t11-,12+. The second-order valence-corrected chi connectivity index (χ2v) is 4.97. The van der Waals surface area contributed by atoms with Crippen molar-refractivity contribution in [3.8, 4) is 0 Å². The fourth-order valence-corrected chi connectivity index (χ4v) is 2.52. The smallest absolute Gasteiger partial charge is 0.123 e. The van der Waals surface area contributed by atoms with Crippen LogP contribution in [0.15, 0.2) is 24.3 Å². The highest BCUT2D eigenvalue weighted by Crippen LogP contribution is 2.11. The average molecular weight is 236 g/mol. The van der Waals surface area contributed by atoms with Gasteiger partial charge in [-0.05, 0) is 38.0 Å². The number of hydrogen-bond acceptors (Lipinski definition) is 2. The fraction of sp³-hybridized carbons (Fsp3) is 0.571. The molecular formula is C14H21FN2. The third-order valence-electron chi connectivity index (χ3n) is 3.58. The first-order valence-corrected chi connectivity index (χ1v) is 6.37. The highest BCUT2D eigenvalue weighted by Gasteiger charge is 2.23. The van der Waals surface area contributed by atoms with Gasteiger partial charge < -0.3 is 5.32 Å². The Morgan fingerprint density at radius 2 is 1.76 bits per heavy atom. The van der Waals surface area contributed by atoms with Gasteiger partial charge in [-0.2, -0.15) is 0 Å². The maximum absolute atomic E-state index is 12.8. The van der Waals surface area contributed by atoms with E-state index < -0.39 is 0 Å². The van der Waals surface area contributed by atoms with Crippen LogP contribution in [0.1, 0.15) is 19.4 Å². The molecule has 1 aliphatic rings. The lowest BCUT2D eigenvalue weighted by molar-refractivity contribution is 0.118. The Kier molecular flexibility index (Phi) is 4.13. The first-order chi connectivity index (χ1) is 8.16. The third kappa shape index (κ3) is 3.27. The van der Waals surface area contributed by atoms with Crippen LogP contribution in [0.25, 0.3) is 0 Å². The number of rotatable bonds is 3. The van der Waals surface area contributed by atoms with Gasteiger partial charge in [0.15, 0.2) is 0 Å². The van der Waals surface area contributed by atoms with Gasteiger partial charge in [0.2, 0.25) is 0 Å². The molecule has 1 fully saturated rings. The Morgan fingerprint density at radius 1 is 1.18 bits per heavy atom. The van der Waals surface area contributed by atoms with Crippen molar-refractivity contribution in [3.63, 3.8) is 0 Å². The van der Waals surface area contributed by atoms with E-state index in [2.05, 4.69) is 24.1 Å². The fourth-order valence-electron chi connectivity index (χ4n) is 2.52. The second kappa shape index (κ2) is 5.61. The van der Waals surface area contributed by atoms with Crippen molar-refractivity contribution >= 4 is 0 Å². The third-order valence-corrected chi connectivity index (χ3v) is 3.58. The molecule has 2 atom stereocenters. The van der Waals surface area contributed by atoms with Gasteiger partial charge in [-0.15, -0.1) is 0 Å². The molecule has 0 saturated carbocycles. The minimum absolute atomic E-state index is 0.155. The van der Waals surface area contributed by atoms with E-state index >= 15 is 0 Å². The zero-order valence-corrected chi connectivity index (χ0v) is 10.6. The predicted octanol–water partition coefficient (Wildman–Crippen LogP) is 2.05. The molecule has 1 aromatic rings. The number of benzene rings is 1. The van der Waals surface area contributed by atoms with Gasteiger partial charge in [-0.3, -0.25) is 4.90 Å². The summed E-state index contributed by atoms with van der Waals surface area (Å²) in [6.45, 7) is 7.69. The lowest BCUT2D eigenvalue weighted by Crippen LogP contribution is -2.55. The van der Waals surface area contributed by atoms with E-state index in [1.807, 2.05) is 12.1 Å². The summed E-state index contributed by atoms with van der Waals surface area (Å²) in [5, 5.41) is 3.43. The molecule has 1 aliphatic heterocycles. The summed E-state index contributed by atoms with van der Waals surface area (Å²) in [4.78, 5) is 2.53. The predicted molar refractivity (Wildman–Crippen MR) is 68.6 cm³/mol. The first-order valence-electron chi connectivity index (χ1n) is 6.37. The topological polar surface area (TPSA) is 15.3 Å². The number of halogens is 1. The molecule has 17 heavy (non-hydrogen) atoms. The lowest BCUT2D eigenvalue weighted by atomic mass is 10.1. The molecule has 0 amide bonds. The molecule has 1 aromatic carbocycles. The summed E-state index contributed by atoms with van der Waals surface area (Å²) in [7, 11) is 0. The molecule has 0 unspecified atom stereocenters. The second-order valence-electron chi connectivity index (χ2n) is 4.97. The van der Waals surface area contributed by atoms with E-state index in [0.717, 1.165) is 26.1 Å². The van der Waals surface area contributed by atoms with E-state index in [1.165, 1.54) is 5.56 Å². The summed E-state index contributed by atoms with van der Waals surface area (Å²) >= 11 is 0. The molecule has 0 spiro atoms. The first kappa shape index (κ1) is 12.5. The molecular weight excluding hydrogens is 215 g/mol. The highest BCUT2D eigenvalue weighted by atomic mass is 19.1. The van der Waals surface area contributed by atoms with Gasteiger partial charge in [0.1, 0.15) is 5.82 Å². The Hall–Kier alpha value is -0.930. The van der Waals surface area contributed by atoms with Crippen LogP contribution in [-0.4, -0.2) is 36.6 Å². The number of nitrogens with zero attached hydrogens (tertiary/aromatic N) is 1. The summed E-state index contributed by atoms with van der Waals surface area (Å²) in [5.41, 5.74) is 1.21. The van der Waals surface area contributed by atoms with Gasteiger partial charge in [-0.25, -0.2) is 4.39 Å². The molecule has 94 valence electrons. The highest BCUT2D eigenvalue weighted by molar-refractivity contribution is 5.16. The van der Waals surface area contributed by atoms with Crippen molar-refractivity contribution in [3.05, 3.63) is 35.6 Å². The molecule has 1 saturated heterocycles. The lowest BCUT2D eigenvalue weighted by Gasteiger charge is -2.39. The largest absolute Gasteiger partial charge is 0.314 e. The molecule has 3 heteroatoms. The van der Waals surface area contributed by atoms with Crippen LogP contribution in [0.4, 0.5) is 4.39 Å². The van der Waals surface area contributed by atoms with Gasteiger partial charge in [0.25, 0.3) is 0 Å². The van der Waals surface area contributed by atoms with E-state index in [1.54, 1.807) is 12.1 Å². The average Bonchev–Trinajstić information content (AvgIpc) is 2.31. The van der Waals surface area contributed by atoms with Crippen LogP contribution in [0.2, 0.25) is 0 Å². The van der Waals surface area contributed by atoms with Gasteiger partial charge in [0, 0.05) is 31.7 Å². The van der Waals surface area contributed by atoms with Crippen LogP contribution >= 0.6 is 0 Å². The van der Waals surface area contributed by atoms with Crippen LogP contribution in [0.3, 0.4) is 0 Å². The number of hydrogen-bond donors (Lipinski definition) is 1. The molecule has 2 nitrogen and oxygen atoms in total. The number of nitrogens with one attached hydrogen (secondary N) is 1. The van der Waals surface area contributed by atoms with Crippen LogP contribution in [-0.2, 0) is 6.42 Å². The van der Waals surface area contributed by atoms with Crippen molar-refractivity contribution in [2.45, 2.75) is 32.4 Å². The van der Waals surface area contributed by atoms with E-state index in [0.29, 0.717) is 12.1 Å². The minimum atomic E-state index is -0.155. The van der Waals surface area contributed by atoms with Gasteiger partial charge in [0.05, 0.1) is 0 Å². The summed E-state index contributed by atoms with van der Waals surface area (Å²) in [5.74, 6) is -0.155. The molecule has 0 aliphatic carbocycles. The Labute approximate surface area is 103 Å². The zero-order chi connectivity index (χ0) is 12.3. The van der Waals surface area contributed by atoms with Gasteiger partial charge in [-0.1, -0.05) is 12.1 Å². The quantitative estimate of drug-likeness (QED) is 0.864. The van der Waals surface area contributed by atoms with Crippen LogP contribution in [0, 0.1) is 5.82 Å².